The molecule has 2 aromatic rings. The fourth-order valence-electron chi connectivity index (χ4n) is 2.99. The zero-order valence-electron chi connectivity index (χ0n) is 13.9. The number of nitrogens with zero attached hydrogens (tertiary/aromatic N) is 2. The van der Waals surface area contributed by atoms with Gasteiger partial charge in [0.25, 0.3) is 0 Å². The summed E-state index contributed by atoms with van der Waals surface area (Å²) >= 11 is 6.05. The smallest absolute Gasteiger partial charge is 0.248 e. The molecule has 1 aromatic heterocycles. The second-order valence-electron chi connectivity index (χ2n) is 6.29. The van der Waals surface area contributed by atoms with E-state index in [4.69, 9.17) is 22.1 Å². The minimum Gasteiger partial charge on any atom is -0.437 e. The van der Waals surface area contributed by atoms with Crippen molar-refractivity contribution >= 4 is 23.1 Å². The molecule has 128 valence electrons. The molecule has 0 bridgehead atoms. The second kappa shape index (κ2) is 7.71. The van der Waals surface area contributed by atoms with Crippen molar-refractivity contribution in [2.24, 2.45) is 0 Å². The molecular weight excluding hydrogens is 324 g/mol. The number of nitrogens with one attached hydrogen (secondary N) is 1. The lowest BCUT2D eigenvalue weighted by Gasteiger charge is -2.18. The van der Waals surface area contributed by atoms with Crippen LogP contribution in [0.3, 0.4) is 0 Å². The van der Waals surface area contributed by atoms with Crippen molar-refractivity contribution in [3.8, 4) is 11.6 Å². The lowest BCUT2D eigenvalue weighted by Crippen LogP contribution is -2.20. The molecule has 0 unspecified atom stereocenters. The molecule has 5 nitrogen and oxygen atoms in total. The maximum Gasteiger partial charge on any atom is 0.248 e. The first-order valence-corrected chi connectivity index (χ1v) is 8.82. The number of halogens is 1. The predicted octanol–water partition coefficient (Wildman–Crippen LogP) is 4.95. The van der Waals surface area contributed by atoms with Crippen molar-refractivity contribution < 1.29 is 4.74 Å². The second-order valence-corrected chi connectivity index (χ2v) is 6.69. The van der Waals surface area contributed by atoms with E-state index in [0.29, 0.717) is 34.2 Å². The van der Waals surface area contributed by atoms with Crippen LogP contribution in [0.25, 0.3) is 0 Å². The van der Waals surface area contributed by atoms with Crippen molar-refractivity contribution in [2.75, 3.05) is 11.1 Å². The summed E-state index contributed by atoms with van der Waals surface area (Å²) in [4.78, 5) is 8.46. The van der Waals surface area contributed by atoms with Gasteiger partial charge in [0, 0.05) is 11.1 Å². The maximum atomic E-state index is 6.22. The molecule has 1 fully saturated rings. The first-order valence-electron chi connectivity index (χ1n) is 8.44. The molecule has 1 heterocycles. The fraction of sp³-hybridized carbons (Fsp3) is 0.444. The normalized spacial score (nSPS) is 15.8. The van der Waals surface area contributed by atoms with Crippen LogP contribution >= 0.6 is 11.6 Å². The highest BCUT2D eigenvalue weighted by Gasteiger charge is 2.16. The number of nitrogens with two attached hydrogens (primary N) is 1. The molecule has 0 atom stereocenters. The third-order valence-electron chi connectivity index (χ3n) is 4.39. The molecule has 0 spiro atoms. The van der Waals surface area contributed by atoms with E-state index in [1.165, 1.54) is 32.0 Å². The summed E-state index contributed by atoms with van der Waals surface area (Å²) < 4.78 is 5.82. The average molecular weight is 347 g/mol. The number of nitrogen functional groups attached to an aromatic ring is 1. The number of benzene rings is 1. The van der Waals surface area contributed by atoms with E-state index in [1.807, 2.05) is 13.0 Å². The summed E-state index contributed by atoms with van der Waals surface area (Å²) in [6.45, 7) is 1.93. The van der Waals surface area contributed by atoms with Gasteiger partial charge in [-0.2, -0.15) is 4.98 Å². The molecular formula is C18H23ClN4O. The summed E-state index contributed by atoms with van der Waals surface area (Å²) in [5.41, 5.74) is 7.60. The van der Waals surface area contributed by atoms with Gasteiger partial charge in [0.1, 0.15) is 17.8 Å². The molecule has 1 aliphatic rings. The Hall–Kier alpha value is -2.01. The summed E-state index contributed by atoms with van der Waals surface area (Å²) in [6.07, 6.45) is 8.88. The lowest BCUT2D eigenvalue weighted by molar-refractivity contribution is 0.464. The quantitative estimate of drug-likeness (QED) is 0.766. The number of ether oxygens (including phenoxy) is 1. The Kier molecular flexibility index (Phi) is 5.41. The molecule has 3 rings (SSSR count). The Morgan fingerprint density at radius 3 is 2.62 bits per heavy atom. The van der Waals surface area contributed by atoms with E-state index in [1.54, 1.807) is 12.1 Å². The highest BCUT2D eigenvalue weighted by molar-refractivity contribution is 6.31. The molecule has 0 amide bonds. The summed E-state index contributed by atoms with van der Waals surface area (Å²) in [6, 6.07) is 5.88. The van der Waals surface area contributed by atoms with Crippen LogP contribution in [0.5, 0.6) is 11.6 Å². The Labute approximate surface area is 147 Å². The van der Waals surface area contributed by atoms with E-state index in [-0.39, 0.29) is 0 Å². The molecule has 0 radical (unpaired) electrons. The SMILES string of the molecule is Cc1cc(Oc2ncnc(NC3CCCCCC3)c2N)ccc1Cl. The predicted molar refractivity (Wildman–Crippen MR) is 97.8 cm³/mol. The van der Waals surface area contributed by atoms with Crippen LogP contribution in [0.4, 0.5) is 11.5 Å². The van der Waals surface area contributed by atoms with E-state index in [0.717, 1.165) is 18.4 Å². The van der Waals surface area contributed by atoms with Gasteiger partial charge in [0.2, 0.25) is 5.88 Å². The van der Waals surface area contributed by atoms with Gasteiger partial charge < -0.3 is 15.8 Å². The number of anilines is 2. The van der Waals surface area contributed by atoms with Crippen LogP contribution in [0, 0.1) is 6.92 Å². The van der Waals surface area contributed by atoms with Crippen LogP contribution in [-0.2, 0) is 0 Å². The van der Waals surface area contributed by atoms with Crippen LogP contribution in [0.1, 0.15) is 44.1 Å². The molecule has 0 saturated heterocycles. The van der Waals surface area contributed by atoms with Gasteiger partial charge in [0.05, 0.1) is 0 Å². The third-order valence-corrected chi connectivity index (χ3v) is 4.81. The molecule has 1 aliphatic carbocycles. The molecule has 1 saturated carbocycles. The molecule has 1 aromatic carbocycles. The minimum absolute atomic E-state index is 0.364. The van der Waals surface area contributed by atoms with Crippen LogP contribution in [0.2, 0.25) is 5.02 Å². The van der Waals surface area contributed by atoms with Gasteiger partial charge in [-0.05, 0) is 43.5 Å². The summed E-state index contributed by atoms with van der Waals surface area (Å²) in [5.74, 6) is 1.67. The standard InChI is InChI=1S/C18H23ClN4O/c1-12-10-14(8-9-15(12)19)24-18-16(20)17(21-11-22-18)23-13-6-4-2-3-5-7-13/h8-11,13H,2-7,20H2,1H3,(H,21,22,23). The van der Waals surface area contributed by atoms with Crippen LogP contribution in [0.15, 0.2) is 24.5 Å². The maximum absolute atomic E-state index is 6.22. The highest BCUT2D eigenvalue weighted by atomic mass is 35.5. The van der Waals surface area contributed by atoms with E-state index >= 15 is 0 Å². The van der Waals surface area contributed by atoms with E-state index < -0.39 is 0 Å². The van der Waals surface area contributed by atoms with Gasteiger partial charge in [-0.25, -0.2) is 4.98 Å². The van der Waals surface area contributed by atoms with Crippen molar-refractivity contribution in [1.29, 1.82) is 0 Å². The van der Waals surface area contributed by atoms with Crippen LogP contribution in [-0.4, -0.2) is 16.0 Å². The highest BCUT2D eigenvalue weighted by Crippen LogP contribution is 2.32. The summed E-state index contributed by atoms with van der Waals surface area (Å²) in [7, 11) is 0. The molecule has 3 N–H and O–H groups in total. The van der Waals surface area contributed by atoms with Crippen molar-refractivity contribution in [3.05, 3.63) is 35.1 Å². The average Bonchev–Trinajstić information content (AvgIpc) is 2.83. The number of aryl methyl sites for hydroxylation is 1. The number of aromatic nitrogens is 2. The minimum atomic E-state index is 0.364. The third kappa shape index (κ3) is 4.09. The zero-order chi connectivity index (χ0) is 16.9. The van der Waals surface area contributed by atoms with Crippen molar-refractivity contribution in [2.45, 2.75) is 51.5 Å². The van der Waals surface area contributed by atoms with Gasteiger partial charge in [0.15, 0.2) is 5.82 Å². The van der Waals surface area contributed by atoms with Crippen molar-refractivity contribution in [1.82, 2.24) is 9.97 Å². The number of rotatable bonds is 4. The van der Waals surface area contributed by atoms with Gasteiger partial charge in [-0.15, -0.1) is 0 Å². The Balaban J connectivity index is 1.75. The van der Waals surface area contributed by atoms with E-state index in [2.05, 4.69) is 15.3 Å². The Morgan fingerprint density at radius 1 is 1.17 bits per heavy atom. The Bertz CT molecular complexity index is 699. The van der Waals surface area contributed by atoms with E-state index in [9.17, 15) is 0 Å². The molecule has 0 aliphatic heterocycles. The van der Waals surface area contributed by atoms with Crippen LogP contribution < -0.4 is 15.8 Å². The topological polar surface area (TPSA) is 73.1 Å². The zero-order valence-corrected chi connectivity index (χ0v) is 14.6. The fourth-order valence-corrected chi connectivity index (χ4v) is 3.10. The van der Waals surface area contributed by atoms with Gasteiger partial charge >= 0.3 is 0 Å². The van der Waals surface area contributed by atoms with Crippen molar-refractivity contribution in [3.63, 3.8) is 0 Å². The first-order chi connectivity index (χ1) is 11.6. The first kappa shape index (κ1) is 16.8. The van der Waals surface area contributed by atoms with Gasteiger partial charge in [-0.1, -0.05) is 37.3 Å². The monoisotopic (exact) mass is 346 g/mol. The Morgan fingerprint density at radius 2 is 1.92 bits per heavy atom. The number of hydrogen-bond acceptors (Lipinski definition) is 5. The molecule has 24 heavy (non-hydrogen) atoms. The largest absolute Gasteiger partial charge is 0.437 e. The van der Waals surface area contributed by atoms with Gasteiger partial charge in [-0.3, -0.25) is 0 Å². The summed E-state index contributed by atoms with van der Waals surface area (Å²) in [5, 5.41) is 4.16. The number of hydrogen-bond donors (Lipinski definition) is 2. The molecule has 6 heteroatoms. The lowest BCUT2D eigenvalue weighted by atomic mass is 10.1.